The van der Waals surface area contributed by atoms with Gasteiger partial charge in [0.25, 0.3) is 0 Å². The SMILES string of the molecule is Cc1ccc(C=CC(=O)NC(CO)CC(C)C)cc1. The monoisotopic (exact) mass is 261 g/mol. The lowest BCUT2D eigenvalue weighted by Crippen LogP contribution is -2.37. The van der Waals surface area contributed by atoms with Crippen LogP contribution in [0.2, 0.25) is 0 Å². The molecule has 3 nitrogen and oxygen atoms in total. The number of nitrogens with one attached hydrogen (secondary N) is 1. The van der Waals surface area contributed by atoms with Crippen molar-refractivity contribution in [3.63, 3.8) is 0 Å². The van der Waals surface area contributed by atoms with Gasteiger partial charge in [-0.05, 0) is 30.9 Å². The minimum atomic E-state index is -0.171. The summed E-state index contributed by atoms with van der Waals surface area (Å²) in [5.41, 5.74) is 2.18. The average Bonchev–Trinajstić information content (AvgIpc) is 2.36. The van der Waals surface area contributed by atoms with Gasteiger partial charge in [0, 0.05) is 6.08 Å². The van der Waals surface area contributed by atoms with Gasteiger partial charge in [0.2, 0.25) is 5.91 Å². The summed E-state index contributed by atoms with van der Waals surface area (Å²) in [5, 5.41) is 12.0. The van der Waals surface area contributed by atoms with E-state index in [1.54, 1.807) is 6.08 Å². The Morgan fingerprint density at radius 1 is 1.32 bits per heavy atom. The van der Waals surface area contributed by atoms with Crippen molar-refractivity contribution in [3.8, 4) is 0 Å². The highest BCUT2D eigenvalue weighted by Crippen LogP contribution is 2.06. The molecule has 0 heterocycles. The Morgan fingerprint density at radius 2 is 1.95 bits per heavy atom. The van der Waals surface area contributed by atoms with Crippen LogP contribution >= 0.6 is 0 Å². The highest BCUT2D eigenvalue weighted by Gasteiger charge is 2.10. The number of hydrogen-bond acceptors (Lipinski definition) is 2. The van der Waals surface area contributed by atoms with Gasteiger partial charge in [-0.15, -0.1) is 0 Å². The largest absolute Gasteiger partial charge is 0.394 e. The van der Waals surface area contributed by atoms with E-state index in [-0.39, 0.29) is 18.6 Å². The van der Waals surface area contributed by atoms with Crippen LogP contribution in [0.5, 0.6) is 0 Å². The standard InChI is InChI=1S/C16H23NO2/c1-12(2)10-15(11-18)17-16(19)9-8-14-6-4-13(3)5-7-14/h4-9,12,15,18H,10-11H2,1-3H3,(H,17,19). The molecular weight excluding hydrogens is 238 g/mol. The zero-order valence-corrected chi connectivity index (χ0v) is 11.9. The van der Waals surface area contributed by atoms with E-state index in [2.05, 4.69) is 19.2 Å². The Hall–Kier alpha value is -1.61. The minimum Gasteiger partial charge on any atom is -0.394 e. The first-order valence-electron chi connectivity index (χ1n) is 6.67. The summed E-state index contributed by atoms with van der Waals surface area (Å²) in [6.45, 7) is 6.13. The van der Waals surface area contributed by atoms with Crippen LogP contribution in [0.4, 0.5) is 0 Å². The fourth-order valence-corrected chi connectivity index (χ4v) is 1.85. The Bertz CT molecular complexity index is 421. The van der Waals surface area contributed by atoms with Crippen molar-refractivity contribution in [2.75, 3.05) is 6.61 Å². The predicted molar refractivity (Wildman–Crippen MR) is 78.7 cm³/mol. The topological polar surface area (TPSA) is 49.3 Å². The number of carbonyl (C=O) groups excluding carboxylic acids is 1. The van der Waals surface area contributed by atoms with Crippen LogP contribution in [0.15, 0.2) is 30.3 Å². The van der Waals surface area contributed by atoms with Crippen molar-refractivity contribution in [2.45, 2.75) is 33.2 Å². The van der Waals surface area contributed by atoms with Crippen molar-refractivity contribution in [3.05, 3.63) is 41.5 Å². The second-order valence-corrected chi connectivity index (χ2v) is 5.26. The van der Waals surface area contributed by atoms with Crippen LogP contribution in [-0.2, 0) is 4.79 Å². The molecule has 0 saturated carbocycles. The second-order valence-electron chi connectivity index (χ2n) is 5.26. The molecule has 1 amide bonds. The number of rotatable bonds is 6. The fraction of sp³-hybridized carbons (Fsp3) is 0.438. The summed E-state index contributed by atoms with van der Waals surface area (Å²) in [6.07, 6.45) is 4.06. The van der Waals surface area contributed by atoms with Crippen LogP contribution < -0.4 is 5.32 Å². The summed E-state index contributed by atoms with van der Waals surface area (Å²) in [4.78, 5) is 11.7. The molecule has 0 bridgehead atoms. The average molecular weight is 261 g/mol. The molecule has 0 fully saturated rings. The van der Waals surface area contributed by atoms with E-state index in [9.17, 15) is 9.90 Å². The third-order valence-corrected chi connectivity index (χ3v) is 2.83. The number of benzene rings is 1. The van der Waals surface area contributed by atoms with E-state index in [1.807, 2.05) is 31.2 Å². The number of hydrogen-bond donors (Lipinski definition) is 2. The summed E-state index contributed by atoms with van der Waals surface area (Å²) in [7, 11) is 0. The van der Waals surface area contributed by atoms with Gasteiger partial charge in [-0.1, -0.05) is 43.7 Å². The molecule has 2 N–H and O–H groups in total. The van der Waals surface area contributed by atoms with Gasteiger partial charge in [0.15, 0.2) is 0 Å². The molecular formula is C16H23NO2. The lowest BCUT2D eigenvalue weighted by Gasteiger charge is -2.17. The van der Waals surface area contributed by atoms with Crippen LogP contribution in [-0.4, -0.2) is 23.7 Å². The van der Waals surface area contributed by atoms with Gasteiger partial charge < -0.3 is 10.4 Å². The number of aliphatic hydroxyl groups excluding tert-OH is 1. The first-order valence-corrected chi connectivity index (χ1v) is 6.67. The van der Waals surface area contributed by atoms with Crippen molar-refractivity contribution in [2.24, 2.45) is 5.92 Å². The maximum Gasteiger partial charge on any atom is 0.244 e. The first-order chi connectivity index (χ1) is 9.01. The lowest BCUT2D eigenvalue weighted by molar-refractivity contribution is -0.117. The van der Waals surface area contributed by atoms with Crippen molar-refractivity contribution < 1.29 is 9.90 Å². The Morgan fingerprint density at radius 3 is 2.47 bits per heavy atom. The van der Waals surface area contributed by atoms with E-state index in [0.717, 1.165) is 12.0 Å². The maximum absolute atomic E-state index is 11.7. The zero-order chi connectivity index (χ0) is 14.3. The molecule has 0 spiro atoms. The van der Waals surface area contributed by atoms with E-state index < -0.39 is 0 Å². The van der Waals surface area contributed by atoms with Gasteiger partial charge in [-0.3, -0.25) is 4.79 Å². The van der Waals surface area contributed by atoms with Crippen LogP contribution in [0.1, 0.15) is 31.4 Å². The third kappa shape index (κ3) is 6.20. The van der Waals surface area contributed by atoms with Crippen molar-refractivity contribution in [1.82, 2.24) is 5.32 Å². The Balaban J connectivity index is 2.52. The lowest BCUT2D eigenvalue weighted by atomic mass is 10.0. The normalized spacial score (nSPS) is 12.9. The quantitative estimate of drug-likeness (QED) is 0.773. The number of aryl methyl sites for hydroxylation is 1. The first kappa shape index (κ1) is 15.4. The summed E-state index contributed by atoms with van der Waals surface area (Å²) in [6, 6.07) is 7.78. The molecule has 1 aromatic carbocycles. The molecule has 1 rings (SSSR count). The summed E-state index contributed by atoms with van der Waals surface area (Å²) in [5.74, 6) is 0.277. The second kappa shape index (κ2) is 7.74. The molecule has 3 heteroatoms. The van der Waals surface area contributed by atoms with Gasteiger partial charge >= 0.3 is 0 Å². The molecule has 1 aromatic rings. The van der Waals surface area contributed by atoms with Crippen LogP contribution in [0.3, 0.4) is 0 Å². The minimum absolute atomic E-state index is 0.0255. The number of carbonyl (C=O) groups is 1. The van der Waals surface area contributed by atoms with Gasteiger partial charge in [-0.25, -0.2) is 0 Å². The van der Waals surface area contributed by atoms with Gasteiger partial charge in [0.1, 0.15) is 0 Å². The molecule has 0 aromatic heterocycles. The van der Waals surface area contributed by atoms with E-state index in [1.165, 1.54) is 11.6 Å². The smallest absolute Gasteiger partial charge is 0.244 e. The number of aliphatic hydroxyl groups is 1. The highest BCUT2D eigenvalue weighted by atomic mass is 16.3. The zero-order valence-electron chi connectivity index (χ0n) is 11.9. The molecule has 0 aliphatic rings. The Labute approximate surface area is 115 Å². The van der Waals surface area contributed by atoms with Crippen LogP contribution in [0, 0.1) is 12.8 Å². The molecule has 1 atom stereocenters. The Kier molecular flexibility index (Phi) is 6.30. The summed E-state index contributed by atoms with van der Waals surface area (Å²) >= 11 is 0. The summed E-state index contributed by atoms with van der Waals surface area (Å²) < 4.78 is 0. The predicted octanol–water partition coefficient (Wildman–Crippen LogP) is 2.53. The van der Waals surface area contributed by atoms with Gasteiger partial charge in [-0.2, -0.15) is 0 Å². The molecule has 0 saturated heterocycles. The molecule has 0 aliphatic carbocycles. The fourth-order valence-electron chi connectivity index (χ4n) is 1.85. The number of amides is 1. The molecule has 1 unspecified atom stereocenters. The van der Waals surface area contributed by atoms with Crippen molar-refractivity contribution >= 4 is 12.0 Å². The molecule has 19 heavy (non-hydrogen) atoms. The van der Waals surface area contributed by atoms with Gasteiger partial charge in [0.05, 0.1) is 12.6 Å². The van der Waals surface area contributed by atoms with Crippen molar-refractivity contribution in [1.29, 1.82) is 0 Å². The molecule has 104 valence electrons. The highest BCUT2D eigenvalue weighted by molar-refractivity contribution is 5.91. The van der Waals surface area contributed by atoms with E-state index >= 15 is 0 Å². The molecule has 0 radical (unpaired) electrons. The van der Waals surface area contributed by atoms with E-state index in [0.29, 0.717) is 5.92 Å². The van der Waals surface area contributed by atoms with Crippen LogP contribution in [0.25, 0.3) is 6.08 Å². The maximum atomic E-state index is 11.7. The van der Waals surface area contributed by atoms with E-state index in [4.69, 9.17) is 0 Å². The third-order valence-electron chi connectivity index (χ3n) is 2.83. The molecule has 0 aliphatic heterocycles.